The molecule has 3 rings (SSSR count). The van der Waals surface area contributed by atoms with Crippen LogP contribution in [0.25, 0.3) is 0 Å². The SMILES string of the molecule is CC1CCN(C(C(=O)NC2CC2)c2ccc(F)cc2)CC1. The fraction of sp³-hybridized carbons (Fsp3) is 0.588. The van der Waals surface area contributed by atoms with Gasteiger partial charge >= 0.3 is 0 Å². The predicted molar refractivity (Wildman–Crippen MR) is 80.3 cm³/mol. The number of halogens is 1. The van der Waals surface area contributed by atoms with Gasteiger partial charge in [0.15, 0.2) is 0 Å². The molecule has 2 fully saturated rings. The third kappa shape index (κ3) is 3.62. The minimum atomic E-state index is -0.279. The van der Waals surface area contributed by atoms with E-state index in [0.717, 1.165) is 50.3 Å². The molecule has 2 aliphatic rings. The standard InChI is InChI=1S/C17H23FN2O/c1-12-8-10-20(11-9-12)16(17(21)19-15-6-7-15)13-2-4-14(18)5-3-13/h2-5,12,15-16H,6-11H2,1H3,(H,19,21). The van der Waals surface area contributed by atoms with E-state index in [1.54, 1.807) is 12.1 Å². The van der Waals surface area contributed by atoms with Crippen LogP contribution in [0.1, 0.15) is 44.2 Å². The number of likely N-dealkylation sites (tertiary alicyclic amines) is 1. The van der Waals surface area contributed by atoms with Gasteiger partial charge in [0.2, 0.25) is 5.91 Å². The maximum absolute atomic E-state index is 13.2. The molecular weight excluding hydrogens is 267 g/mol. The summed E-state index contributed by atoms with van der Waals surface area (Å²) < 4.78 is 13.2. The zero-order valence-electron chi connectivity index (χ0n) is 12.5. The maximum Gasteiger partial charge on any atom is 0.242 e. The molecule has 1 aromatic rings. The number of piperidine rings is 1. The maximum atomic E-state index is 13.2. The lowest BCUT2D eigenvalue weighted by Crippen LogP contribution is -2.44. The molecule has 0 radical (unpaired) electrons. The number of nitrogens with zero attached hydrogens (tertiary/aromatic N) is 1. The van der Waals surface area contributed by atoms with Crippen molar-refractivity contribution >= 4 is 5.91 Å². The molecule has 4 heteroatoms. The number of carbonyl (C=O) groups is 1. The largest absolute Gasteiger partial charge is 0.352 e. The van der Waals surface area contributed by atoms with Crippen LogP contribution in [0, 0.1) is 11.7 Å². The van der Waals surface area contributed by atoms with Crippen molar-refractivity contribution in [1.29, 1.82) is 0 Å². The number of hydrogen-bond acceptors (Lipinski definition) is 2. The molecule has 1 atom stereocenters. The van der Waals surface area contributed by atoms with Gasteiger partial charge in [0.05, 0.1) is 0 Å². The zero-order chi connectivity index (χ0) is 14.8. The Morgan fingerprint density at radius 1 is 1.19 bits per heavy atom. The van der Waals surface area contributed by atoms with E-state index >= 15 is 0 Å². The summed E-state index contributed by atoms with van der Waals surface area (Å²) in [6.07, 6.45) is 4.40. The lowest BCUT2D eigenvalue weighted by atomic mass is 9.95. The smallest absolute Gasteiger partial charge is 0.242 e. The van der Waals surface area contributed by atoms with Crippen molar-refractivity contribution in [2.75, 3.05) is 13.1 Å². The lowest BCUT2D eigenvalue weighted by molar-refractivity contribution is -0.127. The first-order chi connectivity index (χ1) is 10.1. The highest BCUT2D eigenvalue weighted by Crippen LogP contribution is 2.29. The first kappa shape index (κ1) is 14.5. The van der Waals surface area contributed by atoms with E-state index in [-0.39, 0.29) is 17.8 Å². The molecule has 114 valence electrons. The highest BCUT2D eigenvalue weighted by atomic mass is 19.1. The molecule has 0 bridgehead atoms. The summed E-state index contributed by atoms with van der Waals surface area (Å²) in [6.45, 7) is 4.12. The molecule has 1 amide bonds. The fourth-order valence-electron chi connectivity index (χ4n) is 2.97. The molecule has 21 heavy (non-hydrogen) atoms. The van der Waals surface area contributed by atoms with Crippen LogP contribution >= 0.6 is 0 Å². The topological polar surface area (TPSA) is 32.3 Å². The Hall–Kier alpha value is -1.42. The van der Waals surface area contributed by atoms with Crippen molar-refractivity contribution in [3.05, 3.63) is 35.6 Å². The number of carbonyl (C=O) groups excluding carboxylic acids is 1. The van der Waals surface area contributed by atoms with Gasteiger partial charge < -0.3 is 5.32 Å². The summed E-state index contributed by atoms with van der Waals surface area (Å²) >= 11 is 0. The molecule has 1 saturated carbocycles. The fourth-order valence-corrected chi connectivity index (χ4v) is 2.97. The minimum Gasteiger partial charge on any atom is -0.352 e. The first-order valence-corrected chi connectivity index (χ1v) is 7.93. The van der Waals surface area contributed by atoms with Crippen LogP contribution in [0.3, 0.4) is 0 Å². The number of rotatable bonds is 4. The van der Waals surface area contributed by atoms with E-state index in [1.165, 1.54) is 12.1 Å². The van der Waals surface area contributed by atoms with Crippen molar-refractivity contribution in [1.82, 2.24) is 10.2 Å². The lowest BCUT2D eigenvalue weighted by Gasteiger charge is -2.36. The molecule has 0 aromatic heterocycles. The van der Waals surface area contributed by atoms with Crippen molar-refractivity contribution in [3.63, 3.8) is 0 Å². The monoisotopic (exact) mass is 290 g/mol. The van der Waals surface area contributed by atoms with E-state index < -0.39 is 0 Å². The van der Waals surface area contributed by atoms with Gasteiger partial charge in [-0.25, -0.2) is 4.39 Å². The van der Waals surface area contributed by atoms with Crippen molar-refractivity contribution in [2.24, 2.45) is 5.92 Å². The summed E-state index contributed by atoms with van der Waals surface area (Å²) in [4.78, 5) is 14.9. The van der Waals surface area contributed by atoms with Crippen LogP contribution in [0.5, 0.6) is 0 Å². The molecule has 1 heterocycles. The Kier molecular flexibility index (Phi) is 4.24. The second kappa shape index (κ2) is 6.14. The van der Waals surface area contributed by atoms with Crippen LogP contribution in [0.2, 0.25) is 0 Å². The molecular formula is C17H23FN2O. The Balaban J connectivity index is 1.79. The van der Waals surface area contributed by atoms with E-state index in [9.17, 15) is 9.18 Å². The second-order valence-corrected chi connectivity index (χ2v) is 6.46. The number of nitrogens with one attached hydrogen (secondary N) is 1. The minimum absolute atomic E-state index is 0.0682. The molecule has 1 N–H and O–H groups in total. The molecule has 1 unspecified atom stereocenters. The summed E-state index contributed by atoms with van der Waals surface area (Å²) in [7, 11) is 0. The van der Waals surface area contributed by atoms with Crippen molar-refractivity contribution < 1.29 is 9.18 Å². The predicted octanol–water partition coefficient (Wildman–Crippen LogP) is 2.88. The van der Waals surface area contributed by atoms with E-state index in [1.807, 2.05) is 0 Å². The Morgan fingerprint density at radius 3 is 2.38 bits per heavy atom. The summed E-state index contributed by atoms with van der Waals surface area (Å²) in [6, 6.07) is 6.44. The van der Waals surface area contributed by atoms with Crippen molar-refractivity contribution in [2.45, 2.75) is 44.7 Å². The zero-order valence-corrected chi connectivity index (χ0v) is 12.5. The molecule has 3 nitrogen and oxygen atoms in total. The summed E-state index contributed by atoms with van der Waals surface area (Å²) in [5.74, 6) is 0.535. The van der Waals surface area contributed by atoms with Crippen LogP contribution in [0.15, 0.2) is 24.3 Å². The number of benzene rings is 1. The van der Waals surface area contributed by atoms with Crippen LogP contribution in [0.4, 0.5) is 4.39 Å². The molecule has 1 saturated heterocycles. The summed E-state index contributed by atoms with van der Waals surface area (Å²) in [5, 5.41) is 3.10. The second-order valence-electron chi connectivity index (χ2n) is 6.46. The van der Waals surface area contributed by atoms with Gasteiger partial charge in [0, 0.05) is 6.04 Å². The molecule has 0 spiro atoms. The third-order valence-corrected chi connectivity index (χ3v) is 4.54. The highest BCUT2D eigenvalue weighted by Gasteiger charge is 2.33. The first-order valence-electron chi connectivity index (χ1n) is 7.93. The quantitative estimate of drug-likeness (QED) is 0.925. The van der Waals surface area contributed by atoms with Gasteiger partial charge in [-0.15, -0.1) is 0 Å². The van der Waals surface area contributed by atoms with Gasteiger partial charge in [0.25, 0.3) is 0 Å². The average molecular weight is 290 g/mol. The Bertz CT molecular complexity index is 490. The normalized spacial score (nSPS) is 22.0. The van der Waals surface area contributed by atoms with Gasteiger partial charge in [0.1, 0.15) is 11.9 Å². The summed E-state index contributed by atoms with van der Waals surface area (Å²) in [5.41, 5.74) is 0.893. The Morgan fingerprint density at radius 2 is 1.81 bits per heavy atom. The van der Waals surface area contributed by atoms with Crippen LogP contribution in [-0.4, -0.2) is 29.9 Å². The average Bonchev–Trinajstić information content (AvgIpc) is 3.27. The number of hydrogen-bond donors (Lipinski definition) is 1. The van der Waals surface area contributed by atoms with Crippen LogP contribution in [-0.2, 0) is 4.79 Å². The van der Waals surface area contributed by atoms with Gasteiger partial charge in [-0.2, -0.15) is 0 Å². The van der Waals surface area contributed by atoms with E-state index in [2.05, 4.69) is 17.1 Å². The van der Waals surface area contributed by atoms with E-state index in [4.69, 9.17) is 0 Å². The van der Waals surface area contributed by atoms with E-state index in [0.29, 0.717) is 6.04 Å². The molecule has 1 aliphatic heterocycles. The van der Waals surface area contributed by atoms with Gasteiger partial charge in [-0.05, 0) is 62.4 Å². The third-order valence-electron chi connectivity index (χ3n) is 4.54. The van der Waals surface area contributed by atoms with Gasteiger partial charge in [-0.1, -0.05) is 19.1 Å². The molecule has 1 aromatic carbocycles. The molecule has 1 aliphatic carbocycles. The van der Waals surface area contributed by atoms with Gasteiger partial charge in [-0.3, -0.25) is 9.69 Å². The highest BCUT2D eigenvalue weighted by molar-refractivity contribution is 5.83. The number of amides is 1. The van der Waals surface area contributed by atoms with Crippen molar-refractivity contribution in [3.8, 4) is 0 Å². The van der Waals surface area contributed by atoms with Crippen LogP contribution < -0.4 is 5.32 Å². The Labute approximate surface area is 125 Å².